The minimum Gasteiger partial charge on any atom is -0.461 e. The van der Waals surface area contributed by atoms with E-state index >= 15 is 0 Å². The van der Waals surface area contributed by atoms with Crippen LogP contribution in [0.4, 0.5) is 0 Å². The van der Waals surface area contributed by atoms with E-state index in [2.05, 4.69) is 9.97 Å². The number of carbonyl (C=O) groups excluding carboxylic acids is 2. The van der Waals surface area contributed by atoms with Crippen molar-refractivity contribution in [2.45, 2.75) is 6.54 Å². The lowest BCUT2D eigenvalue weighted by atomic mass is 10.2. The van der Waals surface area contributed by atoms with Crippen LogP contribution in [0.25, 0.3) is 0 Å². The minimum atomic E-state index is -0.663. The van der Waals surface area contributed by atoms with Gasteiger partial charge in [0.15, 0.2) is 5.76 Å². The Morgan fingerprint density at radius 3 is 2.94 bits per heavy atom. The number of imidazole rings is 1. The average Bonchev–Trinajstić information content (AvgIpc) is 2.99. The van der Waals surface area contributed by atoms with Crippen molar-refractivity contribution in [3.05, 3.63) is 42.4 Å². The molecule has 0 atom stereocenters. The maximum absolute atomic E-state index is 11.7. The summed E-state index contributed by atoms with van der Waals surface area (Å²) in [5.74, 6) is -0.630. The Balaban J connectivity index is 2.02. The smallest absolute Gasteiger partial charge is 0.298 e. The van der Waals surface area contributed by atoms with Crippen molar-refractivity contribution in [3.8, 4) is 0 Å². The van der Waals surface area contributed by atoms with Gasteiger partial charge in [0, 0.05) is 19.4 Å². The van der Waals surface area contributed by atoms with Gasteiger partial charge in [-0.2, -0.15) is 0 Å². The number of likely N-dealkylation sites (N-methyl/N-ethyl adjacent to an activating group) is 1. The molecule has 2 heterocycles. The number of ketones is 1. The largest absolute Gasteiger partial charge is 0.461 e. The molecule has 0 unspecified atom stereocenters. The highest BCUT2D eigenvalue weighted by atomic mass is 16.3. The number of rotatable bonds is 4. The van der Waals surface area contributed by atoms with Gasteiger partial charge in [-0.3, -0.25) is 9.59 Å². The lowest BCUT2D eigenvalue weighted by molar-refractivity contribution is -0.125. The molecular weight excluding hydrogens is 222 g/mol. The first kappa shape index (κ1) is 11.1. The number of nitrogens with zero attached hydrogens (tertiary/aromatic N) is 2. The zero-order chi connectivity index (χ0) is 12.3. The average molecular weight is 233 g/mol. The lowest BCUT2D eigenvalue weighted by Gasteiger charge is -2.13. The summed E-state index contributed by atoms with van der Waals surface area (Å²) in [5.41, 5.74) is 0. The Morgan fingerprint density at radius 2 is 2.35 bits per heavy atom. The van der Waals surface area contributed by atoms with Gasteiger partial charge in [-0.1, -0.05) is 0 Å². The summed E-state index contributed by atoms with van der Waals surface area (Å²) in [4.78, 5) is 31.5. The number of aromatic nitrogens is 2. The second-order valence-corrected chi connectivity index (χ2v) is 3.50. The number of nitrogens with one attached hydrogen (secondary N) is 1. The fraction of sp³-hybridized carbons (Fsp3) is 0.182. The van der Waals surface area contributed by atoms with Crippen LogP contribution >= 0.6 is 0 Å². The molecule has 0 bridgehead atoms. The van der Waals surface area contributed by atoms with Gasteiger partial charge >= 0.3 is 0 Å². The molecule has 6 nitrogen and oxygen atoms in total. The Morgan fingerprint density at radius 1 is 1.53 bits per heavy atom. The number of carbonyl (C=O) groups is 2. The lowest BCUT2D eigenvalue weighted by Crippen LogP contribution is -2.33. The van der Waals surface area contributed by atoms with E-state index in [1.165, 1.54) is 24.3 Å². The summed E-state index contributed by atoms with van der Waals surface area (Å²) in [5, 5.41) is 0. The Hall–Kier alpha value is -2.37. The molecule has 0 aliphatic carbocycles. The second kappa shape index (κ2) is 4.65. The monoisotopic (exact) mass is 233 g/mol. The summed E-state index contributed by atoms with van der Waals surface area (Å²) in [7, 11) is 1.53. The number of furan rings is 1. The molecule has 0 spiro atoms. The molecule has 2 rings (SSSR count). The predicted octanol–water partition coefficient (Wildman–Crippen LogP) is 0.844. The van der Waals surface area contributed by atoms with Crippen molar-refractivity contribution in [1.29, 1.82) is 0 Å². The van der Waals surface area contributed by atoms with Gasteiger partial charge < -0.3 is 14.3 Å². The van der Waals surface area contributed by atoms with Gasteiger partial charge in [0.05, 0.1) is 12.8 Å². The van der Waals surface area contributed by atoms with E-state index < -0.39 is 11.7 Å². The summed E-state index contributed by atoms with van der Waals surface area (Å²) in [6.07, 6.45) is 4.59. The molecule has 0 aliphatic heterocycles. The van der Waals surface area contributed by atoms with Crippen molar-refractivity contribution in [2.75, 3.05) is 7.05 Å². The maximum Gasteiger partial charge on any atom is 0.298 e. The van der Waals surface area contributed by atoms with E-state index in [1.807, 2.05) is 0 Å². The van der Waals surface area contributed by atoms with Crippen LogP contribution in [0.1, 0.15) is 16.4 Å². The number of H-pyrrole nitrogens is 1. The third-order valence-electron chi connectivity index (χ3n) is 2.23. The van der Waals surface area contributed by atoms with E-state index in [-0.39, 0.29) is 12.3 Å². The fourth-order valence-corrected chi connectivity index (χ4v) is 1.37. The van der Waals surface area contributed by atoms with Crippen molar-refractivity contribution in [3.63, 3.8) is 0 Å². The van der Waals surface area contributed by atoms with Crippen LogP contribution in [0.5, 0.6) is 0 Å². The predicted molar refractivity (Wildman–Crippen MR) is 58.1 cm³/mol. The highest BCUT2D eigenvalue weighted by Crippen LogP contribution is 2.05. The van der Waals surface area contributed by atoms with Crippen LogP contribution < -0.4 is 0 Å². The molecular formula is C11H11N3O3. The molecule has 2 aromatic rings. The van der Waals surface area contributed by atoms with E-state index in [9.17, 15) is 9.59 Å². The third-order valence-corrected chi connectivity index (χ3v) is 2.23. The summed E-state index contributed by atoms with van der Waals surface area (Å²) in [6, 6.07) is 3.02. The topological polar surface area (TPSA) is 79.2 Å². The van der Waals surface area contributed by atoms with Gasteiger partial charge in [0.2, 0.25) is 0 Å². The molecule has 0 aromatic carbocycles. The number of Topliss-reactive ketones (excluding diaryl/α,β-unsaturated/α-hetero) is 1. The molecule has 17 heavy (non-hydrogen) atoms. The molecule has 6 heteroatoms. The zero-order valence-corrected chi connectivity index (χ0v) is 9.21. The molecule has 0 aliphatic rings. The van der Waals surface area contributed by atoms with Crippen LogP contribution in [0.15, 0.2) is 35.2 Å². The SMILES string of the molecule is CN(Cc1ncc[nH]1)C(=O)C(=O)c1ccco1. The first-order valence-corrected chi connectivity index (χ1v) is 5.00. The highest BCUT2D eigenvalue weighted by Gasteiger charge is 2.23. The van der Waals surface area contributed by atoms with E-state index in [0.29, 0.717) is 5.82 Å². The summed E-state index contributed by atoms with van der Waals surface area (Å²) < 4.78 is 4.88. The molecule has 0 fully saturated rings. The molecule has 2 aromatic heterocycles. The van der Waals surface area contributed by atoms with E-state index in [0.717, 1.165) is 0 Å². The standard InChI is InChI=1S/C11H11N3O3/c1-14(7-9-12-4-5-13-9)11(16)10(15)8-3-2-6-17-8/h2-6H,7H2,1H3,(H,12,13). The van der Waals surface area contributed by atoms with Crippen LogP contribution in [-0.2, 0) is 11.3 Å². The first-order valence-electron chi connectivity index (χ1n) is 5.00. The zero-order valence-electron chi connectivity index (χ0n) is 9.21. The number of aromatic amines is 1. The normalized spacial score (nSPS) is 10.2. The van der Waals surface area contributed by atoms with Gasteiger partial charge in [-0.15, -0.1) is 0 Å². The van der Waals surface area contributed by atoms with Crippen LogP contribution in [0.2, 0.25) is 0 Å². The van der Waals surface area contributed by atoms with Crippen molar-refractivity contribution >= 4 is 11.7 Å². The molecule has 1 N–H and O–H groups in total. The number of amides is 1. The van der Waals surface area contributed by atoms with Gasteiger partial charge in [0.1, 0.15) is 5.82 Å². The molecule has 0 saturated carbocycles. The Kier molecular flexibility index (Phi) is 3.04. The third kappa shape index (κ3) is 2.41. The molecule has 0 radical (unpaired) electrons. The summed E-state index contributed by atoms with van der Waals surface area (Å²) >= 11 is 0. The van der Waals surface area contributed by atoms with E-state index in [4.69, 9.17) is 4.42 Å². The van der Waals surface area contributed by atoms with Crippen LogP contribution in [-0.4, -0.2) is 33.6 Å². The quantitative estimate of drug-likeness (QED) is 0.627. The van der Waals surface area contributed by atoms with Crippen molar-refractivity contribution in [2.24, 2.45) is 0 Å². The Bertz CT molecular complexity index is 502. The minimum absolute atomic E-state index is 0.0429. The van der Waals surface area contributed by atoms with Crippen molar-refractivity contribution in [1.82, 2.24) is 14.9 Å². The maximum atomic E-state index is 11.7. The number of hydrogen-bond donors (Lipinski definition) is 1. The van der Waals surface area contributed by atoms with Crippen LogP contribution in [0.3, 0.4) is 0 Å². The highest BCUT2D eigenvalue weighted by molar-refractivity contribution is 6.41. The van der Waals surface area contributed by atoms with Crippen LogP contribution in [0, 0.1) is 0 Å². The van der Waals surface area contributed by atoms with Gasteiger partial charge in [-0.25, -0.2) is 4.98 Å². The molecule has 1 amide bonds. The molecule has 0 saturated heterocycles. The first-order chi connectivity index (χ1) is 8.18. The number of hydrogen-bond acceptors (Lipinski definition) is 4. The van der Waals surface area contributed by atoms with Gasteiger partial charge in [0.25, 0.3) is 11.7 Å². The Labute approximate surface area is 97.3 Å². The van der Waals surface area contributed by atoms with E-state index in [1.54, 1.807) is 18.5 Å². The van der Waals surface area contributed by atoms with Gasteiger partial charge in [-0.05, 0) is 12.1 Å². The summed E-state index contributed by atoms with van der Waals surface area (Å²) in [6.45, 7) is 0.248. The molecule has 88 valence electrons. The second-order valence-electron chi connectivity index (χ2n) is 3.50. The fourth-order valence-electron chi connectivity index (χ4n) is 1.37. The van der Waals surface area contributed by atoms with Crippen molar-refractivity contribution < 1.29 is 14.0 Å².